The third-order valence-electron chi connectivity index (χ3n) is 3.39. The number of aromatic nitrogens is 1. The van der Waals surface area contributed by atoms with Gasteiger partial charge in [-0.1, -0.05) is 12.1 Å². The number of hydrogen-bond donors (Lipinski definition) is 0. The second-order valence-corrected chi connectivity index (χ2v) is 4.59. The first kappa shape index (κ1) is 10.7. The molecule has 3 heterocycles. The summed E-state index contributed by atoms with van der Waals surface area (Å²) in [6, 6.07) is 9.96. The summed E-state index contributed by atoms with van der Waals surface area (Å²) in [5.41, 5.74) is 2.99. The minimum Gasteiger partial charge on any atom is -0.486 e. The van der Waals surface area contributed by atoms with Gasteiger partial charge in [0.15, 0.2) is 11.5 Å². The Bertz CT molecular complexity index is 639. The molecule has 0 radical (unpaired) electrons. The second-order valence-electron chi connectivity index (χ2n) is 4.59. The molecule has 0 unspecified atom stereocenters. The first-order valence-corrected chi connectivity index (χ1v) is 6.43. The molecule has 2 aromatic rings. The van der Waals surface area contributed by atoms with E-state index in [1.807, 2.05) is 24.3 Å². The van der Waals surface area contributed by atoms with Gasteiger partial charge >= 0.3 is 0 Å². The third-order valence-corrected chi connectivity index (χ3v) is 3.39. The zero-order valence-corrected chi connectivity index (χ0v) is 10.4. The Balaban J connectivity index is 1.84. The molecule has 4 heteroatoms. The maximum absolute atomic E-state index is 5.72. The molecule has 0 fully saturated rings. The fourth-order valence-corrected chi connectivity index (χ4v) is 2.47. The summed E-state index contributed by atoms with van der Waals surface area (Å²) in [7, 11) is 0. The lowest BCUT2D eigenvalue weighted by molar-refractivity contribution is 0.172. The van der Waals surface area contributed by atoms with Crippen LogP contribution in [0, 0.1) is 0 Å². The summed E-state index contributed by atoms with van der Waals surface area (Å²) in [5.74, 6) is 2.30. The molecular weight excluding hydrogens is 242 g/mol. The molecule has 0 N–H and O–H groups in total. The largest absolute Gasteiger partial charge is 0.486 e. The topological polar surface area (TPSA) is 40.6 Å². The van der Waals surface area contributed by atoms with E-state index in [1.165, 1.54) is 5.56 Å². The molecule has 0 aliphatic carbocycles. The van der Waals surface area contributed by atoms with Crippen molar-refractivity contribution in [1.29, 1.82) is 0 Å². The van der Waals surface area contributed by atoms with E-state index in [-0.39, 0.29) is 0 Å². The van der Waals surface area contributed by atoms with E-state index < -0.39 is 0 Å². The van der Waals surface area contributed by atoms with Crippen LogP contribution in [0.3, 0.4) is 0 Å². The maximum Gasteiger partial charge on any atom is 0.217 e. The van der Waals surface area contributed by atoms with E-state index >= 15 is 0 Å². The van der Waals surface area contributed by atoms with Gasteiger partial charge in [0.25, 0.3) is 0 Å². The van der Waals surface area contributed by atoms with Gasteiger partial charge in [0.1, 0.15) is 13.2 Å². The number of rotatable bonds is 1. The van der Waals surface area contributed by atoms with Crippen molar-refractivity contribution >= 4 is 0 Å². The molecule has 96 valence electrons. The normalized spacial score (nSPS) is 15.8. The fourth-order valence-electron chi connectivity index (χ4n) is 2.47. The van der Waals surface area contributed by atoms with Crippen LogP contribution in [0.1, 0.15) is 5.56 Å². The highest BCUT2D eigenvalue weighted by molar-refractivity contribution is 5.72. The zero-order valence-electron chi connectivity index (χ0n) is 10.4. The summed E-state index contributed by atoms with van der Waals surface area (Å²) < 4.78 is 16.8. The van der Waals surface area contributed by atoms with Gasteiger partial charge in [0.05, 0.1) is 12.3 Å². The highest BCUT2D eigenvalue weighted by Crippen LogP contribution is 2.40. The molecule has 19 heavy (non-hydrogen) atoms. The number of benzene rings is 1. The molecule has 0 saturated carbocycles. The fraction of sp³-hybridized carbons (Fsp3) is 0.267. The monoisotopic (exact) mass is 255 g/mol. The van der Waals surface area contributed by atoms with Crippen LogP contribution in [-0.4, -0.2) is 24.8 Å². The predicted octanol–water partition coefficient (Wildman–Crippen LogP) is 2.45. The molecule has 0 spiro atoms. The standard InChI is InChI=1S/C15H13NO3/c1-2-11(14-13(3-1)17-8-9-18-14)12-5-4-10-6-7-19-15(10)16-12/h1-5H,6-9H2. The average Bonchev–Trinajstić information content (AvgIpc) is 2.94. The highest BCUT2D eigenvalue weighted by atomic mass is 16.6. The van der Waals surface area contributed by atoms with Gasteiger partial charge in [-0.15, -0.1) is 0 Å². The van der Waals surface area contributed by atoms with Crippen molar-refractivity contribution in [1.82, 2.24) is 4.98 Å². The Labute approximate surface area is 110 Å². The first-order chi connectivity index (χ1) is 9.42. The van der Waals surface area contributed by atoms with Crippen molar-refractivity contribution in [2.45, 2.75) is 6.42 Å². The summed E-state index contributed by atoms with van der Waals surface area (Å²) in [6.07, 6.45) is 0.940. The van der Waals surface area contributed by atoms with Crippen LogP contribution >= 0.6 is 0 Å². The Hall–Kier alpha value is -2.23. The Morgan fingerprint density at radius 2 is 1.84 bits per heavy atom. The van der Waals surface area contributed by atoms with E-state index in [4.69, 9.17) is 14.2 Å². The molecule has 2 aliphatic heterocycles. The predicted molar refractivity (Wildman–Crippen MR) is 69.9 cm³/mol. The third kappa shape index (κ3) is 1.71. The second kappa shape index (κ2) is 4.16. The molecular formula is C15H13NO3. The molecule has 2 aliphatic rings. The van der Waals surface area contributed by atoms with Crippen molar-refractivity contribution in [3.63, 3.8) is 0 Å². The maximum atomic E-state index is 5.72. The Morgan fingerprint density at radius 3 is 2.84 bits per heavy atom. The van der Waals surface area contributed by atoms with E-state index in [0.717, 1.165) is 41.7 Å². The quantitative estimate of drug-likeness (QED) is 0.784. The molecule has 0 atom stereocenters. The van der Waals surface area contributed by atoms with E-state index in [2.05, 4.69) is 11.1 Å². The van der Waals surface area contributed by atoms with E-state index in [0.29, 0.717) is 13.2 Å². The van der Waals surface area contributed by atoms with Crippen LogP contribution in [0.15, 0.2) is 30.3 Å². The lowest BCUT2D eigenvalue weighted by atomic mass is 10.1. The lowest BCUT2D eigenvalue weighted by Gasteiger charge is -2.20. The van der Waals surface area contributed by atoms with Crippen LogP contribution in [0.4, 0.5) is 0 Å². The number of pyridine rings is 1. The van der Waals surface area contributed by atoms with Crippen molar-refractivity contribution < 1.29 is 14.2 Å². The SMILES string of the molecule is c1cc2c(c(-c3ccc4c(n3)OCC4)c1)OCCO2. The number of hydrogen-bond acceptors (Lipinski definition) is 4. The van der Waals surface area contributed by atoms with E-state index in [9.17, 15) is 0 Å². The average molecular weight is 255 g/mol. The first-order valence-electron chi connectivity index (χ1n) is 6.43. The van der Waals surface area contributed by atoms with Crippen molar-refractivity contribution in [3.05, 3.63) is 35.9 Å². The molecule has 0 amide bonds. The Kier molecular flexibility index (Phi) is 2.33. The summed E-state index contributed by atoms with van der Waals surface area (Å²) in [4.78, 5) is 4.57. The van der Waals surface area contributed by atoms with Crippen molar-refractivity contribution in [2.24, 2.45) is 0 Å². The minimum atomic E-state index is 0.575. The van der Waals surface area contributed by atoms with Crippen LogP contribution < -0.4 is 14.2 Å². The summed E-state index contributed by atoms with van der Waals surface area (Å²) in [6.45, 7) is 1.89. The van der Waals surface area contributed by atoms with Gasteiger partial charge in [0, 0.05) is 17.5 Å². The van der Waals surface area contributed by atoms with E-state index in [1.54, 1.807) is 0 Å². The van der Waals surface area contributed by atoms with Crippen molar-refractivity contribution in [2.75, 3.05) is 19.8 Å². The van der Waals surface area contributed by atoms with Gasteiger partial charge in [-0.25, -0.2) is 4.98 Å². The van der Waals surface area contributed by atoms with Crippen LogP contribution in [0.2, 0.25) is 0 Å². The molecule has 4 nitrogen and oxygen atoms in total. The molecule has 1 aromatic heterocycles. The number of nitrogens with zero attached hydrogens (tertiary/aromatic N) is 1. The summed E-state index contributed by atoms with van der Waals surface area (Å²) >= 11 is 0. The molecule has 4 rings (SSSR count). The van der Waals surface area contributed by atoms with Gasteiger partial charge in [-0.3, -0.25) is 0 Å². The number of fused-ring (bicyclic) bond motifs is 2. The zero-order chi connectivity index (χ0) is 12.7. The van der Waals surface area contributed by atoms with Crippen LogP contribution in [0.25, 0.3) is 11.3 Å². The highest BCUT2D eigenvalue weighted by Gasteiger charge is 2.20. The number of ether oxygens (including phenoxy) is 3. The van der Waals surface area contributed by atoms with Crippen LogP contribution in [-0.2, 0) is 6.42 Å². The van der Waals surface area contributed by atoms with Gasteiger partial charge < -0.3 is 14.2 Å². The Morgan fingerprint density at radius 1 is 0.895 bits per heavy atom. The van der Waals surface area contributed by atoms with Crippen molar-refractivity contribution in [3.8, 4) is 28.6 Å². The molecule has 0 saturated heterocycles. The van der Waals surface area contributed by atoms with Gasteiger partial charge in [0.2, 0.25) is 5.88 Å². The van der Waals surface area contributed by atoms with Gasteiger partial charge in [-0.05, 0) is 18.2 Å². The van der Waals surface area contributed by atoms with Crippen LogP contribution in [0.5, 0.6) is 17.4 Å². The molecule has 0 bridgehead atoms. The summed E-state index contributed by atoms with van der Waals surface area (Å²) in [5, 5.41) is 0. The lowest BCUT2D eigenvalue weighted by Crippen LogP contribution is -2.15. The minimum absolute atomic E-state index is 0.575. The molecule has 1 aromatic carbocycles. The smallest absolute Gasteiger partial charge is 0.217 e. The number of para-hydroxylation sites is 1. The van der Waals surface area contributed by atoms with Gasteiger partial charge in [-0.2, -0.15) is 0 Å².